The first kappa shape index (κ1) is 16.1. The standard InChI is InChI=1S/C19H29NO/c1-5-7-9-18(8-6-2)21-13-12-20-17-11-10-16(14-17)19(20)15(3)4/h5-9,15-17,19H,1-2,10-14H2,3-4H3/b9-7-,18-8+. The number of likely N-dealkylation sites (tertiary alicyclic amines) is 1. The summed E-state index contributed by atoms with van der Waals surface area (Å²) in [6.07, 6.45) is 13.4. The maximum absolute atomic E-state index is 5.90. The summed E-state index contributed by atoms with van der Waals surface area (Å²) in [5.41, 5.74) is 0. The summed E-state index contributed by atoms with van der Waals surface area (Å²) >= 11 is 0. The average Bonchev–Trinajstić information content (AvgIpc) is 3.05. The van der Waals surface area contributed by atoms with Gasteiger partial charge in [-0.2, -0.15) is 0 Å². The van der Waals surface area contributed by atoms with Crippen molar-refractivity contribution in [3.05, 3.63) is 49.3 Å². The molecule has 2 rings (SSSR count). The van der Waals surface area contributed by atoms with Gasteiger partial charge in [0.2, 0.25) is 0 Å². The third kappa shape index (κ3) is 3.88. The lowest BCUT2D eigenvalue weighted by Gasteiger charge is -2.37. The van der Waals surface area contributed by atoms with E-state index in [0.29, 0.717) is 0 Å². The second kappa shape index (κ2) is 7.65. The van der Waals surface area contributed by atoms with Crippen LogP contribution in [0.15, 0.2) is 49.3 Å². The van der Waals surface area contributed by atoms with Gasteiger partial charge in [0.25, 0.3) is 0 Å². The fourth-order valence-corrected chi connectivity index (χ4v) is 4.08. The van der Waals surface area contributed by atoms with E-state index in [2.05, 4.69) is 31.9 Å². The van der Waals surface area contributed by atoms with Gasteiger partial charge in [-0.15, -0.1) is 0 Å². The highest BCUT2D eigenvalue weighted by atomic mass is 16.5. The van der Waals surface area contributed by atoms with Crippen LogP contribution in [0.25, 0.3) is 0 Å². The van der Waals surface area contributed by atoms with Crippen LogP contribution in [0.2, 0.25) is 0 Å². The van der Waals surface area contributed by atoms with E-state index in [4.69, 9.17) is 4.74 Å². The maximum atomic E-state index is 5.90. The zero-order valence-electron chi connectivity index (χ0n) is 13.5. The lowest BCUT2D eigenvalue weighted by molar-refractivity contribution is 0.0743. The number of ether oxygens (including phenoxy) is 1. The van der Waals surface area contributed by atoms with Crippen molar-refractivity contribution < 1.29 is 4.74 Å². The highest BCUT2D eigenvalue weighted by Gasteiger charge is 2.46. The first-order chi connectivity index (χ1) is 10.2. The molecule has 2 nitrogen and oxygen atoms in total. The van der Waals surface area contributed by atoms with Crippen molar-refractivity contribution in [3.8, 4) is 0 Å². The van der Waals surface area contributed by atoms with Gasteiger partial charge in [0.15, 0.2) is 0 Å². The third-order valence-corrected chi connectivity index (χ3v) is 4.76. The van der Waals surface area contributed by atoms with Crippen LogP contribution < -0.4 is 0 Å². The van der Waals surface area contributed by atoms with Crippen LogP contribution in [-0.4, -0.2) is 30.1 Å². The Kier molecular flexibility index (Phi) is 5.86. The van der Waals surface area contributed by atoms with Gasteiger partial charge >= 0.3 is 0 Å². The van der Waals surface area contributed by atoms with Crippen molar-refractivity contribution in [1.29, 1.82) is 0 Å². The largest absolute Gasteiger partial charge is 0.492 e. The quantitative estimate of drug-likeness (QED) is 0.487. The molecule has 0 radical (unpaired) electrons. The number of fused-ring (bicyclic) bond motifs is 2. The highest BCUT2D eigenvalue weighted by Crippen LogP contribution is 2.44. The Hall–Kier alpha value is -1.28. The van der Waals surface area contributed by atoms with Crippen LogP contribution >= 0.6 is 0 Å². The van der Waals surface area contributed by atoms with Crippen LogP contribution in [0.5, 0.6) is 0 Å². The van der Waals surface area contributed by atoms with Gasteiger partial charge in [-0.05, 0) is 43.3 Å². The molecule has 1 heterocycles. The Morgan fingerprint density at radius 3 is 2.76 bits per heavy atom. The summed E-state index contributed by atoms with van der Waals surface area (Å²) in [7, 11) is 0. The lowest BCUT2D eigenvalue weighted by Crippen LogP contribution is -2.45. The number of nitrogens with zero attached hydrogens (tertiary/aromatic N) is 1. The van der Waals surface area contributed by atoms with Crippen molar-refractivity contribution >= 4 is 0 Å². The van der Waals surface area contributed by atoms with Gasteiger partial charge in [-0.1, -0.05) is 45.2 Å². The SMILES string of the molecule is C=C/C=C\C(=C/C=C)OCCN1C2CCC(C2)C1C(C)C. The van der Waals surface area contributed by atoms with E-state index in [1.54, 1.807) is 12.2 Å². The fraction of sp³-hybridized carbons (Fsp3) is 0.579. The van der Waals surface area contributed by atoms with Crippen LogP contribution in [0.3, 0.4) is 0 Å². The molecule has 1 aliphatic carbocycles. The van der Waals surface area contributed by atoms with Gasteiger partial charge < -0.3 is 4.74 Å². The van der Waals surface area contributed by atoms with E-state index in [1.165, 1.54) is 19.3 Å². The van der Waals surface area contributed by atoms with Gasteiger partial charge in [0, 0.05) is 18.6 Å². The van der Waals surface area contributed by atoms with Crippen molar-refractivity contribution in [2.75, 3.05) is 13.2 Å². The lowest BCUT2D eigenvalue weighted by atomic mass is 9.89. The van der Waals surface area contributed by atoms with Gasteiger partial charge in [0.1, 0.15) is 12.4 Å². The van der Waals surface area contributed by atoms with Crippen LogP contribution in [-0.2, 0) is 4.74 Å². The van der Waals surface area contributed by atoms with E-state index < -0.39 is 0 Å². The van der Waals surface area contributed by atoms with E-state index in [9.17, 15) is 0 Å². The molecule has 0 aromatic carbocycles. The molecule has 3 unspecified atom stereocenters. The molecule has 0 aromatic heterocycles. The Morgan fingerprint density at radius 1 is 1.29 bits per heavy atom. The second-order valence-electron chi connectivity index (χ2n) is 6.45. The van der Waals surface area contributed by atoms with Crippen LogP contribution in [0.4, 0.5) is 0 Å². The number of piperidine rings is 1. The topological polar surface area (TPSA) is 12.5 Å². The van der Waals surface area contributed by atoms with Crippen LogP contribution in [0.1, 0.15) is 33.1 Å². The molecule has 116 valence electrons. The molecule has 3 atom stereocenters. The first-order valence-corrected chi connectivity index (χ1v) is 8.17. The molecule has 2 aliphatic rings. The van der Waals surface area contributed by atoms with E-state index in [0.717, 1.165) is 42.8 Å². The molecule has 0 spiro atoms. The molecule has 2 fully saturated rings. The molecule has 0 aromatic rings. The third-order valence-electron chi connectivity index (χ3n) is 4.76. The Morgan fingerprint density at radius 2 is 2.10 bits per heavy atom. The van der Waals surface area contributed by atoms with Gasteiger partial charge in [-0.25, -0.2) is 0 Å². The normalized spacial score (nSPS) is 29.5. The molecule has 1 aliphatic heterocycles. The van der Waals surface area contributed by atoms with E-state index >= 15 is 0 Å². The van der Waals surface area contributed by atoms with Gasteiger partial charge in [-0.3, -0.25) is 4.90 Å². The first-order valence-electron chi connectivity index (χ1n) is 8.17. The summed E-state index contributed by atoms with van der Waals surface area (Å²) in [6.45, 7) is 13.9. The van der Waals surface area contributed by atoms with Crippen molar-refractivity contribution in [2.24, 2.45) is 11.8 Å². The van der Waals surface area contributed by atoms with Gasteiger partial charge in [0.05, 0.1) is 0 Å². The average molecular weight is 287 g/mol. The maximum Gasteiger partial charge on any atom is 0.119 e. The summed E-state index contributed by atoms with van der Waals surface area (Å²) in [4.78, 5) is 2.70. The van der Waals surface area contributed by atoms with Crippen molar-refractivity contribution in [1.82, 2.24) is 4.90 Å². The molecule has 1 saturated heterocycles. The number of allylic oxidation sites excluding steroid dienone is 5. The van der Waals surface area contributed by atoms with E-state index in [1.807, 2.05) is 18.2 Å². The van der Waals surface area contributed by atoms with Crippen LogP contribution in [0, 0.1) is 11.8 Å². The summed E-state index contributed by atoms with van der Waals surface area (Å²) in [5.74, 6) is 2.51. The molecule has 0 N–H and O–H groups in total. The Balaban J connectivity index is 1.87. The highest BCUT2D eigenvalue weighted by molar-refractivity contribution is 5.19. The zero-order valence-corrected chi connectivity index (χ0v) is 13.5. The molecule has 2 bridgehead atoms. The molecule has 1 saturated carbocycles. The minimum Gasteiger partial charge on any atom is -0.492 e. The minimum absolute atomic E-state index is 0.740. The smallest absolute Gasteiger partial charge is 0.119 e. The van der Waals surface area contributed by atoms with E-state index in [-0.39, 0.29) is 0 Å². The second-order valence-corrected chi connectivity index (χ2v) is 6.45. The monoisotopic (exact) mass is 287 g/mol. The Bertz CT molecular complexity index is 421. The predicted octanol–water partition coefficient (Wildman–Crippen LogP) is 4.32. The van der Waals surface area contributed by atoms with Crippen molar-refractivity contribution in [2.45, 2.75) is 45.2 Å². The fourth-order valence-electron chi connectivity index (χ4n) is 4.08. The summed E-state index contributed by atoms with van der Waals surface area (Å²) in [6, 6.07) is 1.55. The molecule has 0 amide bonds. The minimum atomic E-state index is 0.740. The molecule has 21 heavy (non-hydrogen) atoms. The molecular weight excluding hydrogens is 258 g/mol. The number of hydrogen-bond donors (Lipinski definition) is 0. The predicted molar refractivity (Wildman–Crippen MR) is 90.0 cm³/mol. The van der Waals surface area contributed by atoms with Crippen molar-refractivity contribution in [3.63, 3.8) is 0 Å². The summed E-state index contributed by atoms with van der Waals surface area (Å²) in [5, 5.41) is 0. The molecule has 2 heteroatoms. The zero-order chi connectivity index (χ0) is 15.2. The summed E-state index contributed by atoms with van der Waals surface area (Å²) < 4.78 is 5.90. The number of hydrogen-bond acceptors (Lipinski definition) is 2. The Labute approximate surface area is 129 Å². The molecular formula is C19H29NO. The number of rotatable bonds is 8.